The minimum Gasteiger partial charge on any atom is -0.508 e. The Morgan fingerprint density at radius 3 is 2.35 bits per heavy atom. The topological polar surface area (TPSA) is 169 Å². The number of amides is 2. The number of nitrogen functional groups attached to an aromatic ring is 1. The normalized spacial score (nSPS) is 17.3. The molecule has 0 aliphatic carbocycles. The van der Waals surface area contributed by atoms with Crippen LogP contribution in [0, 0.1) is 0 Å². The highest BCUT2D eigenvalue weighted by molar-refractivity contribution is 5.97. The summed E-state index contributed by atoms with van der Waals surface area (Å²) in [6, 6.07) is 13.8. The van der Waals surface area contributed by atoms with Crippen LogP contribution < -0.4 is 11.1 Å². The Morgan fingerprint density at radius 1 is 0.855 bits per heavy atom. The number of fused-ring (bicyclic) bond motifs is 2. The second kappa shape index (κ2) is 15.3. The van der Waals surface area contributed by atoms with Gasteiger partial charge in [-0.1, -0.05) is 32.0 Å². The molecule has 0 unspecified atom stereocenters. The van der Waals surface area contributed by atoms with Crippen molar-refractivity contribution >= 4 is 29.2 Å². The van der Waals surface area contributed by atoms with Gasteiger partial charge in [-0.15, -0.1) is 0 Å². The number of nitrogens with one attached hydrogen (secondary N) is 1. The van der Waals surface area contributed by atoms with Crippen molar-refractivity contribution in [2.24, 2.45) is 0 Å². The number of phenolic OH excluding ortho intramolecular Hbond substituents is 2. The molecule has 5 aromatic rings. The van der Waals surface area contributed by atoms with Crippen molar-refractivity contribution in [3.05, 3.63) is 95.1 Å². The largest absolute Gasteiger partial charge is 0.508 e. The van der Waals surface area contributed by atoms with Gasteiger partial charge in [0.05, 0.1) is 18.3 Å². The second-order valence-corrected chi connectivity index (χ2v) is 15.4. The summed E-state index contributed by atoms with van der Waals surface area (Å²) in [7, 11) is 0. The number of aromatic nitrogens is 4. The van der Waals surface area contributed by atoms with Gasteiger partial charge in [0, 0.05) is 87.6 Å². The van der Waals surface area contributed by atoms with Gasteiger partial charge in [-0.05, 0) is 72.3 Å². The molecule has 2 saturated heterocycles. The zero-order valence-electron chi connectivity index (χ0n) is 31.4. The quantitative estimate of drug-likeness (QED) is 0.170. The van der Waals surface area contributed by atoms with Crippen LogP contribution in [0.3, 0.4) is 0 Å². The first-order chi connectivity index (χ1) is 26.6. The summed E-state index contributed by atoms with van der Waals surface area (Å²) in [6.07, 6.45) is 9.34. The number of piperazine rings is 1. The molecule has 2 fully saturated rings. The Hall–Kier alpha value is -5.57. The van der Waals surface area contributed by atoms with Crippen LogP contribution >= 0.6 is 0 Å². The van der Waals surface area contributed by atoms with E-state index in [1.807, 2.05) is 42.8 Å². The van der Waals surface area contributed by atoms with Crippen LogP contribution in [0.5, 0.6) is 11.5 Å². The number of carbonyl (C=O) groups excluding carboxylic acids is 2. The number of benzene rings is 2. The van der Waals surface area contributed by atoms with Crippen LogP contribution in [0.15, 0.2) is 67.3 Å². The molecule has 3 aliphatic heterocycles. The lowest BCUT2D eigenvalue weighted by Gasteiger charge is -2.42. The van der Waals surface area contributed by atoms with E-state index >= 15 is 0 Å². The Balaban J connectivity index is 0.776. The Labute approximate surface area is 320 Å². The third-order valence-corrected chi connectivity index (χ3v) is 11.3. The van der Waals surface area contributed by atoms with E-state index in [-0.39, 0.29) is 40.7 Å². The van der Waals surface area contributed by atoms with E-state index < -0.39 is 0 Å². The first kappa shape index (κ1) is 36.4. The van der Waals surface area contributed by atoms with Crippen LogP contribution in [0.2, 0.25) is 0 Å². The number of carbonyl (C=O) groups is 2. The number of pyridine rings is 1. The number of piperidine rings is 1. The maximum Gasteiger partial charge on any atom is 0.258 e. The fourth-order valence-electron chi connectivity index (χ4n) is 8.17. The molecule has 2 amide bonds. The molecule has 0 spiro atoms. The summed E-state index contributed by atoms with van der Waals surface area (Å²) in [5.74, 6) is 0.287. The maximum atomic E-state index is 13.4. The van der Waals surface area contributed by atoms with Crippen LogP contribution in [0.4, 0.5) is 11.8 Å². The van der Waals surface area contributed by atoms with Gasteiger partial charge in [-0.2, -0.15) is 0 Å². The van der Waals surface area contributed by atoms with Gasteiger partial charge in [0.15, 0.2) is 5.82 Å². The van der Waals surface area contributed by atoms with Gasteiger partial charge in [0.2, 0.25) is 11.9 Å². The summed E-state index contributed by atoms with van der Waals surface area (Å²) in [4.78, 5) is 48.2. The molecular weight excluding hydrogens is 697 g/mol. The third kappa shape index (κ3) is 7.97. The minimum absolute atomic E-state index is 0.00628. The van der Waals surface area contributed by atoms with Crippen molar-refractivity contribution in [1.82, 2.24) is 39.0 Å². The molecule has 5 N–H and O–H groups in total. The molecule has 0 atom stereocenters. The van der Waals surface area contributed by atoms with E-state index in [1.54, 1.807) is 23.4 Å². The van der Waals surface area contributed by atoms with Gasteiger partial charge in [0.25, 0.3) is 5.91 Å². The first-order valence-electron chi connectivity index (χ1n) is 19.1. The van der Waals surface area contributed by atoms with E-state index in [1.165, 1.54) is 11.6 Å². The van der Waals surface area contributed by atoms with E-state index in [2.05, 4.69) is 53.2 Å². The molecule has 0 saturated carbocycles. The molecule has 3 aliphatic rings. The molecule has 286 valence electrons. The lowest BCUT2D eigenvalue weighted by Crippen LogP contribution is -2.54. The maximum absolute atomic E-state index is 13.4. The summed E-state index contributed by atoms with van der Waals surface area (Å²) in [5, 5.41) is 23.7. The molecular formula is C41H48N10O4. The molecule has 0 radical (unpaired) electrons. The van der Waals surface area contributed by atoms with Gasteiger partial charge < -0.3 is 30.6 Å². The van der Waals surface area contributed by atoms with Gasteiger partial charge in [0.1, 0.15) is 17.1 Å². The number of phenols is 2. The lowest BCUT2D eigenvalue weighted by molar-refractivity contribution is -0.117. The Morgan fingerprint density at radius 2 is 1.60 bits per heavy atom. The number of hydrogen-bond acceptors (Lipinski definition) is 11. The average Bonchev–Trinajstić information content (AvgIpc) is 3.78. The van der Waals surface area contributed by atoms with Crippen LogP contribution in [0.25, 0.3) is 16.8 Å². The fraction of sp³-hybridized carbons (Fsp3) is 0.390. The predicted molar refractivity (Wildman–Crippen MR) is 209 cm³/mol. The molecule has 0 bridgehead atoms. The molecule has 14 heteroatoms. The van der Waals surface area contributed by atoms with E-state index in [0.29, 0.717) is 37.1 Å². The van der Waals surface area contributed by atoms with Crippen LogP contribution in [0.1, 0.15) is 65.2 Å². The van der Waals surface area contributed by atoms with E-state index in [0.717, 1.165) is 86.6 Å². The van der Waals surface area contributed by atoms with Crippen LogP contribution in [-0.4, -0.2) is 113 Å². The Bertz CT molecular complexity index is 2210. The summed E-state index contributed by atoms with van der Waals surface area (Å²) in [5.41, 5.74) is 12.5. The number of nitrogens with two attached hydrogens (primary N) is 1. The summed E-state index contributed by atoms with van der Waals surface area (Å²) in [6.45, 7) is 11.8. The predicted octanol–water partition coefficient (Wildman–Crippen LogP) is 4.28. The number of nitrogens with zero attached hydrogens (tertiary/aromatic N) is 8. The number of imidazole rings is 1. The lowest BCUT2D eigenvalue weighted by atomic mass is 9.98. The number of anilines is 2. The molecule has 2 aromatic carbocycles. The van der Waals surface area contributed by atoms with Crippen molar-refractivity contribution in [2.45, 2.75) is 58.3 Å². The highest BCUT2D eigenvalue weighted by Gasteiger charge is 2.30. The first-order valence-corrected chi connectivity index (χ1v) is 19.1. The number of rotatable bonds is 9. The van der Waals surface area contributed by atoms with Crippen molar-refractivity contribution in [2.75, 3.05) is 56.9 Å². The monoisotopic (exact) mass is 744 g/mol. The summed E-state index contributed by atoms with van der Waals surface area (Å²) < 4.78 is 1.88. The molecule has 55 heavy (non-hydrogen) atoms. The number of likely N-dealkylation sites (tertiary alicyclic amines) is 1. The molecule has 8 rings (SSSR count). The van der Waals surface area contributed by atoms with E-state index in [4.69, 9.17) is 5.73 Å². The minimum atomic E-state index is -0.228. The standard InChI is InChI=1S/C41H48N10O4/c1-26(2)33-16-34(36(53)17-35(33)52)40(55)51-22-28-4-3-27(15-30(28)23-51)20-47-9-7-32(8-10-47)49-13-11-48(12-14-49)25-39(54)46-37-24-50-21-29(5-6-38(50)45-37)31-18-43-41(42)44-19-31/h3-6,15-19,21,24,26,32,52-53H,7-14,20,22-23,25H2,1-2H3,(H,46,54)(H2,42,43,44). The number of hydrogen-bond donors (Lipinski definition) is 4. The zero-order valence-corrected chi connectivity index (χ0v) is 31.4. The highest BCUT2D eigenvalue weighted by Crippen LogP contribution is 2.35. The zero-order chi connectivity index (χ0) is 38.2. The van der Waals surface area contributed by atoms with Crippen molar-refractivity contribution in [3.63, 3.8) is 0 Å². The van der Waals surface area contributed by atoms with Crippen LogP contribution in [-0.2, 0) is 24.4 Å². The average molecular weight is 745 g/mol. The van der Waals surface area contributed by atoms with Gasteiger partial charge in [-0.25, -0.2) is 15.0 Å². The number of aromatic hydroxyl groups is 2. The van der Waals surface area contributed by atoms with Crippen molar-refractivity contribution in [1.29, 1.82) is 0 Å². The van der Waals surface area contributed by atoms with Gasteiger partial charge >= 0.3 is 0 Å². The molecule has 6 heterocycles. The smallest absolute Gasteiger partial charge is 0.258 e. The van der Waals surface area contributed by atoms with Crippen molar-refractivity contribution < 1.29 is 19.8 Å². The molecule has 14 nitrogen and oxygen atoms in total. The fourth-order valence-corrected chi connectivity index (χ4v) is 8.17. The SMILES string of the molecule is CC(C)c1cc(C(=O)N2Cc3ccc(CN4CCC(N5CCN(CC(=O)Nc6cn7cc(-c8cnc(N)nc8)ccc7n6)CC5)CC4)cc3C2)c(O)cc1O. The second-order valence-electron chi connectivity index (χ2n) is 15.4. The molecule has 3 aromatic heterocycles. The van der Waals surface area contributed by atoms with Crippen molar-refractivity contribution in [3.8, 4) is 22.6 Å². The summed E-state index contributed by atoms with van der Waals surface area (Å²) >= 11 is 0. The van der Waals surface area contributed by atoms with Gasteiger partial charge in [-0.3, -0.25) is 24.3 Å². The Kier molecular flexibility index (Phi) is 10.1. The van der Waals surface area contributed by atoms with E-state index in [9.17, 15) is 19.8 Å². The highest BCUT2D eigenvalue weighted by atomic mass is 16.3. The third-order valence-electron chi connectivity index (χ3n) is 11.3.